The molecule has 1 saturated heterocycles. The molecular formula is C12H25IN4O. The fourth-order valence-electron chi connectivity index (χ4n) is 1.89. The van der Waals surface area contributed by atoms with Crippen LogP contribution in [-0.4, -0.2) is 55.4 Å². The molecule has 0 aromatic rings. The summed E-state index contributed by atoms with van der Waals surface area (Å²) in [6, 6.07) is 0. The molecule has 1 fully saturated rings. The monoisotopic (exact) mass is 368 g/mol. The molecule has 5 nitrogen and oxygen atoms in total. The minimum atomic E-state index is 0. The van der Waals surface area contributed by atoms with Gasteiger partial charge in [-0.15, -0.1) is 24.0 Å². The summed E-state index contributed by atoms with van der Waals surface area (Å²) >= 11 is 0. The molecule has 0 aromatic heterocycles. The van der Waals surface area contributed by atoms with Crippen LogP contribution in [-0.2, 0) is 4.79 Å². The first-order valence-corrected chi connectivity index (χ1v) is 6.36. The van der Waals surface area contributed by atoms with Crippen LogP contribution in [0.2, 0.25) is 0 Å². The molecule has 1 amide bonds. The second-order valence-corrected chi connectivity index (χ2v) is 4.68. The lowest BCUT2D eigenvalue weighted by Gasteiger charge is -2.21. The molecule has 0 atom stereocenters. The van der Waals surface area contributed by atoms with E-state index in [1.165, 1.54) is 25.7 Å². The van der Waals surface area contributed by atoms with E-state index in [9.17, 15) is 4.79 Å². The van der Waals surface area contributed by atoms with Crippen LogP contribution in [0, 0.1) is 0 Å². The van der Waals surface area contributed by atoms with Crippen LogP contribution < -0.4 is 5.73 Å². The van der Waals surface area contributed by atoms with Gasteiger partial charge < -0.3 is 15.5 Å². The summed E-state index contributed by atoms with van der Waals surface area (Å²) in [6.45, 7) is 2.48. The van der Waals surface area contributed by atoms with Gasteiger partial charge >= 0.3 is 0 Å². The number of carbonyl (C=O) groups is 1. The van der Waals surface area contributed by atoms with Crippen molar-refractivity contribution in [3.8, 4) is 0 Å². The zero-order valence-electron chi connectivity index (χ0n) is 11.4. The standard InChI is InChI=1S/C12H24N4O.HI/c1-15(2)11(17)7-8-14-12(13)16-9-5-3-4-6-10-16;/h3-10H2,1-2H3,(H2,13,14);1H. The highest BCUT2D eigenvalue weighted by molar-refractivity contribution is 14.0. The number of likely N-dealkylation sites (tertiary alicyclic amines) is 1. The van der Waals surface area contributed by atoms with Crippen molar-refractivity contribution in [3.05, 3.63) is 0 Å². The predicted molar refractivity (Wildman–Crippen MR) is 85.3 cm³/mol. The van der Waals surface area contributed by atoms with E-state index in [-0.39, 0.29) is 29.9 Å². The van der Waals surface area contributed by atoms with Gasteiger partial charge in [0.25, 0.3) is 0 Å². The maximum atomic E-state index is 11.4. The number of rotatable bonds is 3. The molecule has 18 heavy (non-hydrogen) atoms. The van der Waals surface area contributed by atoms with Gasteiger partial charge in [0, 0.05) is 33.6 Å². The molecule has 0 saturated carbocycles. The number of nitrogens with two attached hydrogens (primary N) is 1. The first kappa shape index (κ1) is 17.5. The van der Waals surface area contributed by atoms with Gasteiger partial charge in [0.05, 0.1) is 6.54 Å². The van der Waals surface area contributed by atoms with Crippen LogP contribution in [0.1, 0.15) is 32.1 Å². The molecular weight excluding hydrogens is 343 g/mol. The predicted octanol–water partition coefficient (Wildman–Crippen LogP) is 1.27. The Kier molecular flexibility index (Phi) is 9.13. The van der Waals surface area contributed by atoms with E-state index in [0.717, 1.165) is 13.1 Å². The van der Waals surface area contributed by atoms with Crippen LogP contribution in [0.4, 0.5) is 0 Å². The number of guanidine groups is 1. The first-order valence-electron chi connectivity index (χ1n) is 6.36. The number of hydrogen-bond donors (Lipinski definition) is 1. The van der Waals surface area contributed by atoms with Crippen molar-refractivity contribution in [1.29, 1.82) is 0 Å². The third kappa shape index (κ3) is 6.42. The van der Waals surface area contributed by atoms with Crippen molar-refractivity contribution in [2.75, 3.05) is 33.7 Å². The topological polar surface area (TPSA) is 61.9 Å². The van der Waals surface area contributed by atoms with Gasteiger partial charge in [-0.1, -0.05) is 12.8 Å². The van der Waals surface area contributed by atoms with E-state index < -0.39 is 0 Å². The number of nitrogens with zero attached hydrogens (tertiary/aromatic N) is 3. The summed E-state index contributed by atoms with van der Waals surface area (Å²) in [5.74, 6) is 0.691. The molecule has 0 bridgehead atoms. The highest BCUT2D eigenvalue weighted by atomic mass is 127. The highest BCUT2D eigenvalue weighted by Gasteiger charge is 2.10. The average molecular weight is 368 g/mol. The summed E-state index contributed by atoms with van der Waals surface area (Å²) in [6.07, 6.45) is 5.37. The Balaban J connectivity index is 0.00000289. The third-order valence-corrected chi connectivity index (χ3v) is 3.03. The summed E-state index contributed by atoms with van der Waals surface area (Å²) in [5, 5.41) is 0. The Hall–Kier alpha value is -0.530. The smallest absolute Gasteiger partial charge is 0.223 e. The number of halogens is 1. The molecule has 106 valence electrons. The van der Waals surface area contributed by atoms with E-state index in [1.807, 2.05) is 0 Å². The quantitative estimate of drug-likeness (QED) is 0.464. The Labute approximate surface area is 127 Å². The maximum absolute atomic E-state index is 11.4. The third-order valence-electron chi connectivity index (χ3n) is 3.03. The molecule has 1 aliphatic rings. The van der Waals surface area contributed by atoms with E-state index in [0.29, 0.717) is 18.9 Å². The Bertz CT molecular complexity index is 273. The molecule has 0 spiro atoms. The van der Waals surface area contributed by atoms with Crippen molar-refractivity contribution < 1.29 is 4.79 Å². The zero-order chi connectivity index (χ0) is 12.7. The van der Waals surface area contributed by atoms with Crippen molar-refractivity contribution in [2.24, 2.45) is 10.7 Å². The molecule has 0 radical (unpaired) electrons. The van der Waals surface area contributed by atoms with Gasteiger partial charge in [-0.25, -0.2) is 0 Å². The van der Waals surface area contributed by atoms with Crippen molar-refractivity contribution in [1.82, 2.24) is 9.80 Å². The van der Waals surface area contributed by atoms with Gasteiger partial charge in [0.2, 0.25) is 5.91 Å². The minimum Gasteiger partial charge on any atom is -0.370 e. The highest BCUT2D eigenvalue weighted by Crippen LogP contribution is 2.09. The molecule has 1 heterocycles. The van der Waals surface area contributed by atoms with Crippen molar-refractivity contribution >= 4 is 35.8 Å². The summed E-state index contributed by atoms with van der Waals surface area (Å²) in [5.41, 5.74) is 5.93. The SMILES string of the molecule is CN(C)C(=O)CCN=C(N)N1CCCCCC1.I. The lowest BCUT2D eigenvalue weighted by Crippen LogP contribution is -2.38. The Morgan fingerprint density at radius 3 is 2.28 bits per heavy atom. The number of hydrogen-bond acceptors (Lipinski definition) is 2. The molecule has 0 aromatic carbocycles. The number of amides is 1. The van der Waals surface area contributed by atoms with Crippen molar-refractivity contribution in [3.63, 3.8) is 0 Å². The summed E-state index contributed by atoms with van der Waals surface area (Å²) in [4.78, 5) is 19.4. The minimum absolute atomic E-state index is 0. The lowest BCUT2D eigenvalue weighted by atomic mass is 10.2. The van der Waals surface area contributed by atoms with E-state index in [2.05, 4.69) is 9.89 Å². The number of aliphatic imine (C=N–C) groups is 1. The van der Waals surface area contributed by atoms with Crippen molar-refractivity contribution in [2.45, 2.75) is 32.1 Å². The van der Waals surface area contributed by atoms with Gasteiger partial charge in [-0.2, -0.15) is 0 Å². The molecule has 6 heteroatoms. The molecule has 1 rings (SSSR count). The van der Waals surface area contributed by atoms with Gasteiger partial charge in [0.1, 0.15) is 0 Å². The average Bonchev–Trinajstić information content (AvgIpc) is 2.57. The maximum Gasteiger partial charge on any atom is 0.223 e. The zero-order valence-corrected chi connectivity index (χ0v) is 13.7. The molecule has 0 unspecified atom stereocenters. The number of carbonyl (C=O) groups excluding carboxylic acids is 1. The molecule has 0 aliphatic carbocycles. The Morgan fingerprint density at radius 1 is 1.22 bits per heavy atom. The van der Waals surface area contributed by atoms with Crippen LogP contribution in [0.15, 0.2) is 4.99 Å². The van der Waals surface area contributed by atoms with Gasteiger partial charge in [0.15, 0.2) is 5.96 Å². The van der Waals surface area contributed by atoms with Gasteiger partial charge in [-0.05, 0) is 12.8 Å². The lowest BCUT2D eigenvalue weighted by molar-refractivity contribution is -0.128. The largest absolute Gasteiger partial charge is 0.370 e. The fourth-order valence-corrected chi connectivity index (χ4v) is 1.89. The first-order chi connectivity index (χ1) is 8.11. The summed E-state index contributed by atoms with van der Waals surface area (Å²) in [7, 11) is 3.51. The second kappa shape index (κ2) is 9.41. The van der Waals surface area contributed by atoms with Crippen LogP contribution in [0.3, 0.4) is 0 Å². The second-order valence-electron chi connectivity index (χ2n) is 4.68. The normalized spacial score (nSPS) is 16.8. The molecule has 2 N–H and O–H groups in total. The summed E-state index contributed by atoms with van der Waals surface area (Å²) < 4.78 is 0. The van der Waals surface area contributed by atoms with Crippen LogP contribution in [0.5, 0.6) is 0 Å². The fraction of sp³-hybridized carbons (Fsp3) is 0.833. The Morgan fingerprint density at radius 2 is 1.78 bits per heavy atom. The van der Waals surface area contributed by atoms with E-state index in [1.54, 1.807) is 19.0 Å². The molecule has 1 aliphatic heterocycles. The van der Waals surface area contributed by atoms with Crippen LogP contribution in [0.25, 0.3) is 0 Å². The van der Waals surface area contributed by atoms with E-state index in [4.69, 9.17) is 5.73 Å². The van der Waals surface area contributed by atoms with Gasteiger partial charge in [-0.3, -0.25) is 9.79 Å². The van der Waals surface area contributed by atoms with Crippen LogP contribution >= 0.6 is 24.0 Å². The van der Waals surface area contributed by atoms with E-state index >= 15 is 0 Å².